The number of hydrogen-bond acceptors (Lipinski definition) is 4. The van der Waals surface area contributed by atoms with Crippen LogP contribution in [0.5, 0.6) is 5.75 Å². The van der Waals surface area contributed by atoms with E-state index in [4.69, 9.17) is 4.42 Å². The van der Waals surface area contributed by atoms with Gasteiger partial charge in [0.05, 0.1) is 5.69 Å². The number of para-hydroxylation sites is 1. The average molecular weight is 342 g/mol. The van der Waals surface area contributed by atoms with Crippen LogP contribution >= 0.6 is 0 Å². The molecule has 0 radical (unpaired) electrons. The van der Waals surface area contributed by atoms with Crippen molar-refractivity contribution in [3.8, 4) is 17.2 Å². The number of aliphatic imine (C=N–C) groups is 1. The molecule has 4 nitrogen and oxygen atoms in total. The second-order valence-corrected chi connectivity index (χ2v) is 6.26. The van der Waals surface area contributed by atoms with E-state index in [0.29, 0.717) is 11.5 Å². The highest BCUT2D eigenvalue weighted by molar-refractivity contribution is 5.87. The maximum Gasteiger partial charge on any atom is 0.227 e. The van der Waals surface area contributed by atoms with E-state index in [-0.39, 0.29) is 5.75 Å². The molecule has 0 bridgehead atoms. The number of hydrogen-bond donors (Lipinski definition) is 1. The SMILES string of the molecule is Cc1ccccc1-c1nc2cc(N=Cc3cccc(C)c3O)ccc2o1. The molecule has 0 atom stereocenters. The predicted octanol–water partition coefficient (Wildman–Crippen LogP) is 5.57. The van der Waals surface area contributed by atoms with Crippen molar-refractivity contribution in [1.82, 2.24) is 4.98 Å². The molecule has 0 amide bonds. The van der Waals surface area contributed by atoms with E-state index in [2.05, 4.69) is 9.98 Å². The normalized spacial score (nSPS) is 11.5. The third kappa shape index (κ3) is 2.97. The van der Waals surface area contributed by atoms with E-state index in [1.54, 1.807) is 6.21 Å². The van der Waals surface area contributed by atoms with E-state index in [0.717, 1.165) is 33.5 Å². The Bertz CT molecular complexity index is 1130. The maximum absolute atomic E-state index is 10.1. The summed E-state index contributed by atoms with van der Waals surface area (Å²) in [6, 6.07) is 19.2. The highest BCUT2D eigenvalue weighted by atomic mass is 16.3. The molecule has 0 aliphatic heterocycles. The first-order valence-corrected chi connectivity index (χ1v) is 8.41. The van der Waals surface area contributed by atoms with Crippen molar-refractivity contribution in [3.63, 3.8) is 0 Å². The number of aryl methyl sites for hydroxylation is 2. The van der Waals surface area contributed by atoms with Crippen molar-refractivity contribution in [2.75, 3.05) is 0 Å². The van der Waals surface area contributed by atoms with Gasteiger partial charge in [0, 0.05) is 17.3 Å². The standard InChI is InChI=1S/C22H18N2O2/c1-14-6-3-4-9-18(14)22-24-19-12-17(10-11-20(19)26-22)23-13-16-8-5-7-15(2)21(16)25/h3-13,25H,1-2H3. The van der Waals surface area contributed by atoms with Crippen LogP contribution in [0.15, 0.2) is 70.1 Å². The van der Waals surface area contributed by atoms with Crippen LogP contribution in [0.3, 0.4) is 0 Å². The fraction of sp³-hybridized carbons (Fsp3) is 0.0909. The first-order valence-electron chi connectivity index (χ1n) is 8.41. The molecule has 0 spiro atoms. The summed E-state index contributed by atoms with van der Waals surface area (Å²) >= 11 is 0. The third-order valence-electron chi connectivity index (χ3n) is 4.37. The van der Waals surface area contributed by atoms with E-state index < -0.39 is 0 Å². The fourth-order valence-electron chi connectivity index (χ4n) is 2.85. The summed E-state index contributed by atoms with van der Waals surface area (Å²) < 4.78 is 5.88. The molecular weight excluding hydrogens is 324 g/mol. The van der Waals surface area contributed by atoms with Crippen molar-refractivity contribution < 1.29 is 9.52 Å². The van der Waals surface area contributed by atoms with Gasteiger partial charge in [-0.25, -0.2) is 4.98 Å². The molecule has 4 heteroatoms. The minimum Gasteiger partial charge on any atom is -0.507 e. The first-order chi connectivity index (χ1) is 12.6. The molecule has 0 unspecified atom stereocenters. The van der Waals surface area contributed by atoms with Gasteiger partial charge in [0.15, 0.2) is 5.58 Å². The molecule has 4 aromatic rings. The minimum atomic E-state index is 0.251. The Labute approximate surface area is 151 Å². The van der Waals surface area contributed by atoms with Crippen LogP contribution in [-0.2, 0) is 0 Å². The van der Waals surface area contributed by atoms with Gasteiger partial charge in [0.2, 0.25) is 5.89 Å². The zero-order valence-electron chi connectivity index (χ0n) is 14.6. The number of fused-ring (bicyclic) bond motifs is 1. The highest BCUT2D eigenvalue weighted by Gasteiger charge is 2.10. The molecule has 1 aromatic heterocycles. The summed E-state index contributed by atoms with van der Waals surface area (Å²) in [6.45, 7) is 3.90. The van der Waals surface area contributed by atoms with Gasteiger partial charge >= 0.3 is 0 Å². The Morgan fingerprint density at radius 3 is 2.62 bits per heavy atom. The van der Waals surface area contributed by atoms with Crippen molar-refractivity contribution in [2.45, 2.75) is 13.8 Å². The molecule has 0 saturated heterocycles. The van der Waals surface area contributed by atoms with Crippen LogP contribution in [0, 0.1) is 13.8 Å². The lowest BCUT2D eigenvalue weighted by Crippen LogP contribution is -1.84. The van der Waals surface area contributed by atoms with E-state index in [1.807, 2.05) is 74.5 Å². The Kier molecular flexibility index (Phi) is 4.01. The Balaban J connectivity index is 1.69. The predicted molar refractivity (Wildman–Crippen MR) is 104 cm³/mol. The number of aromatic hydroxyl groups is 1. The maximum atomic E-state index is 10.1. The Morgan fingerprint density at radius 2 is 1.77 bits per heavy atom. The first kappa shape index (κ1) is 16.1. The average Bonchev–Trinajstić information content (AvgIpc) is 3.06. The summed E-state index contributed by atoms with van der Waals surface area (Å²) in [7, 11) is 0. The van der Waals surface area contributed by atoms with Crippen LogP contribution in [0.25, 0.3) is 22.6 Å². The summed E-state index contributed by atoms with van der Waals surface area (Å²) in [5.41, 5.74) is 5.84. The molecule has 26 heavy (non-hydrogen) atoms. The van der Waals surface area contributed by atoms with Crippen LogP contribution in [-0.4, -0.2) is 16.3 Å². The summed E-state index contributed by atoms with van der Waals surface area (Å²) in [5.74, 6) is 0.858. The van der Waals surface area contributed by atoms with Gasteiger partial charge in [0.25, 0.3) is 0 Å². The highest BCUT2D eigenvalue weighted by Crippen LogP contribution is 2.29. The Hall–Kier alpha value is -3.40. The Morgan fingerprint density at radius 1 is 0.962 bits per heavy atom. The van der Waals surface area contributed by atoms with Gasteiger partial charge in [-0.15, -0.1) is 0 Å². The van der Waals surface area contributed by atoms with Gasteiger partial charge in [-0.1, -0.05) is 30.3 Å². The summed E-state index contributed by atoms with van der Waals surface area (Å²) in [6.07, 6.45) is 1.66. The number of benzene rings is 3. The zero-order chi connectivity index (χ0) is 18.1. The molecule has 4 rings (SSSR count). The van der Waals surface area contributed by atoms with Crippen molar-refractivity contribution in [1.29, 1.82) is 0 Å². The van der Waals surface area contributed by atoms with Crippen molar-refractivity contribution >= 4 is 23.0 Å². The quantitative estimate of drug-likeness (QED) is 0.495. The molecule has 1 N–H and O–H groups in total. The topological polar surface area (TPSA) is 58.6 Å². The smallest absolute Gasteiger partial charge is 0.227 e. The van der Waals surface area contributed by atoms with Crippen molar-refractivity contribution in [3.05, 3.63) is 77.4 Å². The number of nitrogens with zero attached hydrogens (tertiary/aromatic N) is 2. The lowest BCUT2D eigenvalue weighted by atomic mass is 10.1. The summed E-state index contributed by atoms with van der Waals surface area (Å²) in [4.78, 5) is 9.06. The third-order valence-corrected chi connectivity index (χ3v) is 4.37. The lowest BCUT2D eigenvalue weighted by Gasteiger charge is -2.01. The fourth-order valence-corrected chi connectivity index (χ4v) is 2.85. The van der Waals surface area contributed by atoms with Gasteiger partial charge in [-0.05, 0) is 55.3 Å². The van der Waals surface area contributed by atoms with E-state index in [9.17, 15) is 5.11 Å². The number of oxazole rings is 1. The van der Waals surface area contributed by atoms with E-state index in [1.165, 1.54) is 0 Å². The second kappa shape index (κ2) is 6.48. The number of phenolic OH excluding ortho intramolecular Hbond substituents is 1. The van der Waals surface area contributed by atoms with Crippen LogP contribution in [0.1, 0.15) is 16.7 Å². The number of phenols is 1. The molecule has 0 aliphatic carbocycles. The van der Waals surface area contributed by atoms with Gasteiger partial charge < -0.3 is 9.52 Å². The molecular formula is C22H18N2O2. The minimum absolute atomic E-state index is 0.251. The lowest BCUT2D eigenvalue weighted by molar-refractivity contribution is 0.470. The largest absolute Gasteiger partial charge is 0.507 e. The molecule has 1 heterocycles. The zero-order valence-corrected chi connectivity index (χ0v) is 14.6. The van der Waals surface area contributed by atoms with Gasteiger partial charge in [-0.3, -0.25) is 4.99 Å². The van der Waals surface area contributed by atoms with Crippen LogP contribution in [0.4, 0.5) is 5.69 Å². The summed E-state index contributed by atoms with van der Waals surface area (Å²) in [5, 5.41) is 10.1. The molecule has 3 aromatic carbocycles. The molecule has 0 fully saturated rings. The van der Waals surface area contributed by atoms with E-state index >= 15 is 0 Å². The number of rotatable bonds is 3. The molecule has 128 valence electrons. The molecule has 0 aliphatic rings. The van der Waals surface area contributed by atoms with Gasteiger partial charge in [-0.2, -0.15) is 0 Å². The number of aromatic nitrogens is 1. The van der Waals surface area contributed by atoms with Crippen molar-refractivity contribution in [2.24, 2.45) is 4.99 Å². The van der Waals surface area contributed by atoms with Crippen LogP contribution in [0.2, 0.25) is 0 Å². The van der Waals surface area contributed by atoms with Gasteiger partial charge in [0.1, 0.15) is 11.3 Å². The van der Waals surface area contributed by atoms with Crippen LogP contribution < -0.4 is 0 Å². The monoisotopic (exact) mass is 342 g/mol. The second-order valence-electron chi connectivity index (χ2n) is 6.26. The molecule has 0 saturated carbocycles.